The molecule has 1 heterocycles. The highest BCUT2D eigenvalue weighted by Crippen LogP contribution is 2.38. The van der Waals surface area contributed by atoms with Crippen LogP contribution in [0.15, 0.2) is 48.5 Å². The summed E-state index contributed by atoms with van der Waals surface area (Å²) in [5, 5.41) is 9.84. The number of benzene rings is 2. The summed E-state index contributed by atoms with van der Waals surface area (Å²) in [5.74, 6) is -2.23. The molecule has 0 saturated heterocycles. The molecule has 30 heavy (non-hydrogen) atoms. The number of hydrogen-bond acceptors (Lipinski definition) is 6. The van der Waals surface area contributed by atoms with Crippen molar-refractivity contribution in [3.8, 4) is 5.75 Å². The van der Waals surface area contributed by atoms with Gasteiger partial charge in [0.25, 0.3) is 5.91 Å². The van der Waals surface area contributed by atoms with Crippen LogP contribution in [0, 0.1) is 0 Å². The maximum absolute atomic E-state index is 12.6. The predicted octanol–water partition coefficient (Wildman–Crippen LogP) is 2.76. The van der Waals surface area contributed by atoms with Crippen LogP contribution in [-0.2, 0) is 19.1 Å². The first-order valence-corrected chi connectivity index (χ1v) is 9.47. The van der Waals surface area contributed by atoms with Gasteiger partial charge in [-0.15, -0.1) is 0 Å². The minimum atomic E-state index is -1.27. The molecule has 1 aliphatic rings. The summed E-state index contributed by atoms with van der Waals surface area (Å²) in [6.45, 7) is 1.61. The number of ether oxygens (including phenoxy) is 2. The number of amides is 1. The molecular weight excluding hydrogens is 390 g/mol. The van der Waals surface area contributed by atoms with Gasteiger partial charge in [-0.05, 0) is 30.7 Å². The van der Waals surface area contributed by atoms with Crippen molar-refractivity contribution >= 4 is 29.3 Å². The number of hydrogen-bond donors (Lipinski definition) is 1. The second-order valence-electron chi connectivity index (χ2n) is 6.61. The zero-order valence-corrected chi connectivity index (χ0v) is 16.4. The summed E-state index contributed by atoms with van der Waals surface area (Å²) in [6, 6.07) is 11.6. The highest BCUT2D eigenvalue weighted by Gasteiger charge is 2.37. The third kappa shape index (κ3) is 4.48. The number of anilines is 1. The van der Waals surface area contributed by atoms with Crippen LogP contribution in [-0.4, -0.2) is 41.9 Å². The Kier molecular flexibility index (Phi) is 6.46. The fraction of sp³-hybridized carbons (Fsp3) is 0.273. The first-order valence-electron chi connectivity index (χ1n) is 9.47. The highest BCUT2D eigenvalue weighted by atomic mass is 16.5. The molecule has 0 fully saturated rings. The molecule has 0 aliphatic carbocycles. The van der Waals surface area contributed by atoms with E-state index in [0.717, 1.165) is 4.90 Å². The molecule has 1 amide bonds. The lowest BCUT2D eigenvalue weighted by molar-refractivity contribution is -0.143. The molecule has 156 valence electrons. The van der Waals surface area contributed by atoms with E-state index < -0.39 is 23.9 Å². The third-order valence-electron chi connectivity index (χ3n) is 4.63. The fourth-order valence-electron chi connectivity index (χ4n) is 3.26. The molecule has 1 atom stereocenters. The lowest BCUT2D eigenvalue weighted by Crippen LogP contribution is -2.44. The van der Waals surface area contributed by atoms with Crippen molar-refractivity contribution in [3.05, 3.63) is 59.7 Å². The number of fused-ring (bicyclic) bond motifs is 1. The van der Waals surface area contributed by atoms with Gasteiger partial charge in [-0.1, -0.05) is 30.3 Å². The number of carbonyl (C=O) groups is 4. The molecule has 1 unspecified atom stereocenters. The second-order valence-corrected chi connectivity index (χ2v) is 6.61. The fourth-order valence-corrected chi connectivity index (χ4v) is 3.26. The lowest BCUT2D eigenvalue weighted by Gasteiger charge is -2.34. The first kappa shape index (κ1) is 21.0. The molecular formula is C22H21NO7. The molecule has 0 spiro atoms. The molecule has 2 aromatic carbocycles. The lowest BCUT2D eigenvalue weighted by atomic mass is 10.0. The van der Waals surface area contributed by atoms with Crippen LogP contribution in [0.4, 0.5) is 5.69 Å². The van der Waals surface area contributed by atoms with E-state index in [2.05, 4.69) is 0 Å². The topological polar surface area (TPSA) is 110 Å². The van der Waals surface area contributed by atoms with Gasteiger partial charge < -0.3 is 14.6 Å². The number of rotatable bonds is 8. The Morgan fingerprint density at radius 1 is 1.13 bits per heavy atom. The molecule has 1 aliphatic heterocycles. The monoisotopic (exact) mass is 411 g/mol. The highest BCUT2D eigenvalue weighted by molar-refractivity contribution is 6.05. The van der Waals surface area contributed by atoms with E-state index >= 15 is 0 Å². The minimum absolute atomic E-state index is 0.0620. The summed E-state index contributed by atoms with van der Waals surface area (Å²) < 4.78 is 10.3. The van der Waals surface area contributed by atoms with Gasteiger partial charge in [0.2, 0.25) is 0 Å². The Balaban J connectivity index is 1.94. The molecule has 8 heteroatoms. The molecule has 2 aromatic rings. The number of carboxylic acids is 1. The molecule has 0 saturated carbocycles. The summed E-state index contributed by atoms with van der Waals surface area (Å²) in [5.41, 5.74) is 0.869. The van der Waals surface area contributed by atoms with Crippen LogP contribution >= 0.6 is 0 Å². The Labute approximate surface area is 173 Å². The van der Waals surface area contributed by atoms with E-state index in [9.17, 15) is 24.3 Å². The predicted molar refractivity (Wildman–Crippen MR) is 106 cm³/mol. The zero-order valence-electron chi connectivity index (χ0n) is 16.4. The van der Waals surface area contributed by atoms with Crippen LogP contribution < -0.4 is 9.64 Å². The van der Waals surface area contributed by atoms with Gasteiger partial charge in [0.1, 0.15) is 5.75 Å². The number of ketones is 1. The summed E-state index contributed by atoms with van der Waals surface area (Å²) in [4.78, 5) is 49.9. The van der Waals surface area contributed by atoms with Crippen LogP contribution in [0.5, 0.6) is 5.75 Å². The number of carbonyl (C=O) groups excluding carboxylic acids is 3. The number of nitrogens with zero attached hydrogens (tertiary/aromatic N) is 1. The summed E-state index contributed by atoms with van der Waals surface area (Å²) >= 11 is 0. The Hall–Kier alpha value is -3.68. The SMILES string of the molecule is CCOC(=O)CCC(=O)c1ccc2c(c1)N(C(C(=O)O)c1ccccc1)C(=O)CO2. The summed E-state index contributed by atoms with van der Waals surface area (Å²) in [7, 11) is 0. The molecule has 3 rings (SSSR count). The second kappa shape index (κ2) is 9.21. The maximum atomic E-state index is 12.6. The van der Waals surface area contributed by atoms with Crippen molar-refractivity contribution in [2.45, 2.75) is 25.8 Å². The van der Waals surface area contributed by atoms with E-state index in [1.807, 2.05) is 0 Å². The molecule has 0 aromatic heterocycles. The Bertz CT molecular complexity index is 971. The minimum Gasteiger partial charge on any atom is -0.482 e. The van der Waals surface area contributed by atoms with E-state index in [-0.39, 0.29) is 43.1 Å². The summed E-state index contributed by atoms with van der Waals surface area (Å²) in [6.07, 6.45) is -0.127. The average Bonchev–Trinajstić information content (AvgIpc) is 2.74. The Morgan fingerprint density at radius 2 is 1.87 bits per heavy atom. The molecule has 8 nitrogen and oxygen atoms in total. The molecule has 1 N–H and O–H groups in total. The standard InChI is InChI=1S/C22H21NO7/c1-2-29-20(26)11-9-17(24)15-8-10-18-16(12-15)23(19(25)13-30-18)21(22(27)28)14-6-4-3-5-7-14/h3-8,10,12,21H,2,9,11,13H2,1H3,(H,27,28). The van der Waals surface area contributed by atoms with Crippen LogP contribution in [0.1, 0.15) is 41.7 Å². The molecule has 0 bridgehead atoms. The normalized spacial score (nSPS) is 13.8. The van der Waals surface area contributed by atoms with Crippen LogP contribution in [0.2, 0.25) is 0 Å². The largest absolute Gasteiger partial charge is 0.482 e. The van der Waals surface area contributed by atoms with Crippen molar-refractivity contribution in [1.82, 2.24) is 0 Å². The van der Waals surface area contributed by atoms with Gasteiger partial charge >= 0.3 is 11.9 Å². The van der Waals surface area contributed by atoms with Gasteiger partial charge in [0.05, 0.1) is 18.7 Å². The molecule has 0 radical (unpaired) electrons. The number of carboxylic acid groups (broad SMARTS) is 1. The van der Waals surface area contributed by atoms with Crippen molar-refractivity contribution in [2.75, 3.05) is 18.1 Å². The number of aliphatic carboxylic acids is 1. The zero-order chi connectivity index (χ0) is 21.7. The van der Waals surface area contributed by atoms with Crippen molar-refractivity contribution in [1.29, 1.82) is 0 Å². The third-order valence-corrected chi connectivity index (χ3v) is 4.63. The van der Waals surface area contributed by atoms with Gasteiger partial charge in [-0.25, -0.2) is 4.79 Å². The van der Waals surface area contributed by atoms with Gasteiger partial charge in [-0.3, -0.25) is 19.3 Å². The number of Topliss-reactive ketones (excluding diaryl/α,β-unsaturated/α-hetero) is 1. The van der Waals surface area contributed by atoms with Crippen LogP contribution in [0.25, 0.3) is 0 Å². The average molecular weight is 411 g/mol. The van der Waals surface area contributed by atoms with Crippen molar-refractivity contribution < 1.29 is 33.8 Å². The smallest absolute Gasteiger partial charge is 0.331 e. The van der Waals surface area contributed by atoms with Gasteiger partial charge in [0.15, 0.2) is 18.4 Å². The van der Waals surface area contributed by atoms with Crippen LogP contribution in [0.3, 0.4) is 0 Å². The van der Waals surface area contributed by atoms with Gasteiger partial charge in [-0.2, -0.15) is 0 Å². The Morgan fingerprint density at radius 3 is 2.53 bits per heavy atom. The van der Waals surface area contributed by atoms with Gasteiger partial charge in [0, 0.05) is 12.0 Å². The maximum Gasteiger partial charge on any atom is 0.331 e. The van der Waals surface area contributed by atoms with E-state index in [4.69, 9.17) is 9.47 Å². The van der Waals surface area contributed by atoms with E-state index in [1.165, 1.54) is 18.2 Å². The quantitative estimate of drug-likeness (QED) is 0.525. The van der Waals surface area contributed by atoms with E-state index in [1.54, 1.807) is 37.3 Å². The van der Waals surface area contributed by atoms with E-state index in [0.29, 0.717) is 11.3 Å². The van der Waals surface area contributed by atoms with Crippen molar-refractivity contribution in [2.24, 2.45) is 0 Å². The van der Waals surface area contributed by atoms with Crippen molar-refractivity contribution in [3.63, 3.8) is 0 Å². The first-order chi connectivity index (χ1) is 14.4. The number of esters is 1.